The van der Waals surface area contributed by atoms with E-state index in [2.05, 4.69) is 4.90 Å². The van der Waals surface area contributed by atoms with E-state index in [0.29, 0.717) is 13.0 Å². The van der Waals surface area contributed by atoms with Crippen molar-refractivity contribution in [1.82, 2.24) is 4.90 Å². The van der Waals surface area contributed by atoms with Gasteiger partial charge in [-0.15, -0.1) is 0 Å². The molecule has 120 valence electrons. The first-order valence-electron chi connectivity index (χ1n) is 7.98. The zero-order chi connectivity index (χ0) is 15.9. The van der Waals surface area contributed by atoms with Crippen molar-refractivity contribution in [1.29, 1.82) is 0 Å². The molecule has 1 aliphatic rings. The number of carbonyl (C=O) groups is 2. The topological polar surface area (TPSA) is 60.9 Å². The molecule has 0 aliphatic carbocycles. The molecular formula is C17H24N2O3. The highest BCUT2D eigenvalue weighted by atomic mass is 16.4. The van der Waals surface area contributed by atoms with Gasteiger partial charge in [0.05, 0.1) is 5.56 Å². The van der Waals surface area contributed by atoms with E-state index in [0.717, 1.165) is 25.3 Å². The highest BCUT2D eigenvalue weighted by molar-refractivity contribution is 5.94. The quantitative estimate of drug-likeness (QED) is 0.877. The van der Waals surface area contributed by atoms with Gasteiger partial charge in [-0.2, -0.15) is 0 Å². The summed E-state index contributed by atoms with van der Waals surface area (Å²) in [6, 6.07) is 6.48. The number of carboxylic acids is 1. The fourth-order valence-electron chi connectivity index (χ4n) is 2.86. The number of anilines is 1. The van der Waals surface area contributed by atoms with Gasteiger partial charge < -0.3 is 14.9 Å². The predicted octanol–water partition coefficient (Wildman–Crippen LogP) is 2.61. The number of benzene rings is 1. The molecule has 0 unspecified atom stereocenters. The Hall–Kier alpha value is -1.88. The summed E-state index contributed by atoms with van der Waals surface area (Å²) in [5.74, 6) is -0.859. The minimum atomic E-state index is -0.953. The third kappa shape index (κ3) is 4.31. The molecule has 0 spiro atoms. The molecule has 22 heavy (non-hydrogen) atoms. The Balaban J connectivity index is 1.94. The third-order valence-electron chi connectivity index (χ3n) is 4.13. The first-order valence-corrected chi connectivity index (χ1v) is 7.98. The fourth-order valence-corrected chi connectivity index (χ4v) is 2.86. The maximum absolute atomic E-state index is 12.4. The van der Waals surface area contributed by atoms with Crippen LogP contribution in [0.1, 0.15) is 43.0 Å². The number of nitrogens with zero attached hydrogens (tertiary/aromatic N) is 2. The number of aromatic carboxylic acids is 1. The van der Waals surface area contributed by atoms with Crippen LogP contribution >= 0.6 is 0 Å². The summed E-state index contributed by atoms with van der Waals surface area (Å²) in [6.07, 6.45) is 4.25. The van der Waals surface area contributed by atoms with Gasteiger partial charge in [-0.3, -0.25) is 4.79 Å². The number of carbonyl (C=O) groups excluding carboxylic acids is 1. The van der Waals surface area contributed by atoms with Crippen molar-refractivity contribution in [2.45, 2.75) is 32.6 Å². The summed E-state index contributed by atoms with van der Waals surface area (Å²) in [4.78, 5) is 27.4. The van der Waals surface area contributed by atoms with Gasteiger partial charge in [0.25, 0.3) is 0 Å². The normalized spacial score (nSPS) is 15.5. The van der Waals surface area contributed by atoms with Crippen molar-refractivity contribution in [2.75, 3.05) is 31.1 Å². The molecule has 5 heteroatoms. The summed E-state index contributed by atoms with van der Waals surface area (Å²) < 4.78 is 0. The van der Waals surface area contributed by atoms with Crippen LogP contribution in [-0.4, -0.2) is 48.1 Å². The predicted molar refractivity (Wildman–Crippen MR) is 86.3 cm³/mol. The van der Waals surface area contributed by atoms with Crippen LogP contribution in [0.25, 0.3) is 0 Å². The summed E-state index contributed by atoms with van der Waals surface area (Å²) in [5, 5.41) is 8.92. The van der Waals surface area contributed by atoms with Crippen molar-refractivity contribution in [2.24, 2.45) is 0 Å². The van der Waals surface area contributed by atoms with Crippen molar-refractivity contribution < 1.29 is 14.7 Å². The van der Waals surface area contributed by atoms with Gasteiger partial charge in [0.1, 0.15) is 0 Å². The smallest absolute Gasteiger partial charge is 0.335 e. The van der Waals surface area contributed by atoms with Crippen molar-refractivity contribution in [3.8, 4) is 0 Å². The molecule has 0 atom stereocenters. The Labute approximate surface area is 131 Å². The van der Waals surface area contributed by atoms with E-state index in [1.165, 1.54) is 31.4 Å². The van der Waals surface area contributed by atoms with E-state index in [-0.39, 0.29) is 11.5 Å². The Morgan fingerprint density at radius 2 is 1.77 bits per heavy atom. The molecule has 1 heterocycles. The van der Waals surface area contributed by atoms with Crippen molar-refractivity contribution >= 4 is 17.6 Å². The largest absolute Gasteiger partial charge is 0.478 e. The Bertz CT molecular complexity index is 507. The maximum Gasteiger partial charge on any atom is 0.335 e. The van der Waals surface area contributed by atoms with Gasteiger partial charge in [0.15, 0.2) is 0 Å². The average Bonchev–Trinajstić information content (AvgIpc) is 2.55. The van der Waals surface area contributed by atoms with Crippen molar-refractivity contribution in [3.63, 3.8) is 0 Å². The van der Waals surface area contributed by atoms with E-state index < -0.39 is 5.97 Å². The van der Waals surface area contributed by atoms with Crippen LogP contribution in [0, 0.1) is 0 Å². The van der Waals surface area contributed by atoms with Gasteiger partial charge in [-0.1, -0.05) is 6.42 Å². The van der Waals surface area contributed by atoms with Crippen LogP contribution in [0.15, 0.2) is 24.3 Å². The molecule has 1 saturated heterocycles. The van der Waals surface area contributed by atoms with Gasteiger partial charge in [0, 0.05) is 25.2 Å². The second kappa shape index (κ2) is 7.94. The number of hydrogen-bond acceptors (Lipinski definition) is 3. The summed E-state index contributed by atoms with van der Waals surface area (Å²) in [5.41, 5.74) is 0.997. The van der Waals surface area contributed by atoms with Gasteiger partial charge in [-0.25, -0.2) is 4.79 Å². The second-order valence-corrected chi connectivity index (χ2v) is 5.64. The lowest BCUT2D eigenvalue weighted by atomic mass is 10.1. The molecule has 1 amide bonds. The van der Waals surface area contributed by atoms with Gasteiger partial charge in [0.2, 0.25) is 5.91 Å². The van der Waals surface area contributed by atoms with Gasteiger partial charge >= 0.3 is 5.97 Å². The molecule has 1 aromatic carbocycles. The molecule has 0 aromatic heterocycles. The lowest BCUT2D eigenvalue weighted by Crippen LogP contribution is -2.36. The molecule has 0 radical (unpaired) electrons. The number of hydrogen-bond donors (Lipinski definition) is 1. The minimum Gasteiger partial charge on any atom is -0.478 e. The van der Waals surface area contributed by atoms with Crippen LogP contribution in [0.4, 0.5) is 5.69 Å². The Kier molecular flexibility index (Phi) is 5.95. The van der Waals surface area contributed by atoms with E-state index in [1.807, 2.05) is 6.92 Å². The SMILES string of the molecule is CCN(C(=O)CCN1CCCCC1)c1ccc(C(=O)O)cc1. The van der Waals surface area contributed by atoms with E-state index >= 15 is 0 Å². The fraction of sp³-hybridized carbons (Fsp3) is 0.529. The van der Waals surface area contributed by atoms with E-state index in [4.69, 9.17) is 5.11 Å². The number of rotatable bonds is 6. The summed E-state index contributed by atoms with van der Waals surface area (Å²) in [6.45, 7) is 5.51. The average molecular weight is 304 g/mol. The van der Waals surface area contributed by atoms with Crippen LogP contribution in [-0.2, 0) is 4.79 Å². The standard InChI is InChI=1S/C17H24N2O3/c1-2-19(15-8-6-14(7-9-15)17(21)22)16(20)10-13-18-11-4-3-5-12-18/h6-9H,2-5,10-13H2,1H3,(H,21,22). The second-order valence-electron chi connectivity index (χ2n) is 5.64. The highest BCUT2D eigenvalue weighted by Crippen LogP contribution is 2.17. The first-order chi connectivity index (χ1) is 10.6. The maximum atomic E-state index is 12.4. The van der Waals surface area contributed by atoms with Crippen LogP contribution < -0.4 is 4.90 Å². The van der Waals surface area contributed by atoms with Crippen LogP contribution in [0.3, 0.4) is 0 Å². The van der Waals surface area contributed by atoms with Gasteiger partial charge in [-0.05, 0) is 57.1 Å². The summed E-state index contributed by atoms with van der Waals surface area (Å²) >= 11 is 0. The number of piperidine rings is 1. The Morgan fingerprint density at radius 1 is 1.14 bits per heavy atom. The zero-order valence-corrected chi connectivity index (χ0v) is 13.1. The molecule has 0 saturated carbocycles. The molecule has 1 aromatic rings. The van der Waals surface area contributed by atoms with Crippen LogP contribution in [0.2, 0.25) is 0 Å². The molecule has 5 nitrogen and oxygen atoms in total. The lowest BCUT2D eigenvalue weighted by Gasteiger charge is -2.27. The first kappa shape index (κ1) is 16.5. The molecule has 0 bridgehead atoms. The summed E-state index contributed by atoms with van der Waals surface area (Å²) in [7, 11) is 0. The number of likely N-dealkylation sites (tertiary alicyclic amines) is 1. The minimum absolute atomic E-state index is 0.0937. The zero-order valence-electron chi connectivity index (χ0n) is 13.1. The van der Waals surface area contributed by atoms with E-state index in [1.54, 1.807) is 17.0 Å². The molecule has 1 fully saturated rings. The number of carboxylic acid groups (broad SMARTS) is 1. The monoisotopic (exact) mass is 304 g/mol. The van der Waals surface area contributed by atoms with Crippen LogP contribution in [0.5, 0.6) is 0 Å². The Morgan fingerprint density at radius 3 is 2.32 bits per heavy atom. The molecule has 1 aliphatic heterocycles. The number of amides is 1. The molecular weight excluding hydrogens is 280 g/mol. The van der Waals surface area contributed by atoms with E-state index in [9.17, 15) is 9.59 Å². The lowest BCUT2D eigenvalue weighted by molar-refractivity contribution is -0.118. The molecule has 2 rings (SSSR count). The van der Waals surface area contributed by atoms with Crippen molar-refractivity contribution in [3.05, 3.63) is 29.8 Å². The third-order valence-corrected chi connectivity index (χ3v) is 4.13. The highest BCUT2D eigenvalue weighted by Gasteiger charge is 2.17. The molecule has 1 N–H and O–H groups in total.